The van der Waals surface area contributed by atoms with Gasteiger partial charge in [0.05, 0.1) is 33.9 Å². The molecule has 0 unspecified atom stereocenters. The van der Waals surface area contributed by atoms with E-state index in [9.17, 15) is 5.26 Å². The third kappa shape index (κ3) is 4.11. The Morgan fingerprint density at radius 3 is 1.69 bits per heavy atom. The molecule has 0 aliphatic rings. The molecule has 3 heteroatoms. The van der Waals surface area contributed by atoms with E-state index in [1.807, 2.05) is 18.2 Å². The van der Waals surface area contributed by atoms with E-state index in [2.05, 4.69) is 156 Å². The maximum Gasteiger partial charge on any atom is 0.0991 e. The monoisotopic (exact) mass is 621 g/mol. The highest BCUT2D eigenvalue weighted by Crippen LogP contribution is 2.43. The lowest BCUT2D eigenvalue weighted by molar-refractivity contribution is 1.18. The van der Waals surface area contributed by atoms with Crippen LogP contribution in [0.25, 0.3) is 93.1 Å². The number of benzene rings is 8. The Bertz CT molecular complexity index is 2980. The molecule has 2 heterocycles. The molecule has 0 bridgehead atoms. The van der Waals surface area contributed by atoms with E-state index in [0.717, 1.165) is 55.4 Å². The molecule has 0 amide bonds. The molecular weight excluding hydrogens is 595 g/mol. The van der Waals surface area contributed by atoms with Crippen molar-refractivity contribution in [3.8, 4) is 34.1 Å². The van der Waals surface area contributed by atoms with Crippen molar-refractivity contribution < 1.29 is 0 Å². The SMILES string of the molecule is N#Cc1ccc2c(c1)c1cc(-c3ccc(-c4nc5ccccc5c5c6ccccc6c6ccccc6c45)cc3)ccc1n2-c1ccccc1. The summed E-state index contributed by atoms with van der Waals surface area (Å²) < 4.78 is 2.28. The van der Waals surface area contributed by atoms with Crippen LogP contribution in [0.15, 0.2) is 164 Å². The summed E-state index contributed by atoms with van der Waals surface area (Å²) in [6.07, 6.45) is 0. The third-order valence-corrected chi connectivity index (χ3v) is 9.98. The first-order chi connectivity index (χ1) is 24.3. The summed E-state index contributed by atoms with van der Waals surface area (Å²) in [5, 5.41) is 20.5. The molecule has 0 aliphatic heterocycles. The molecule has 226 valence electrons. The quantitative estimate of drug-likeness (QED) is 0.184. The van der Waals surface area contributed by atoms with E-state index in [1.165, 1.54) is 37.7 Å². The summed E-state index contributed by atoms with van der Waals surface area (Å²) in [6.45, 7) is 0. The first kappa shape index (κ1) is 27.4. The van der Waals surface area contributed by atoms with Crippen LogP contribution in [0, 0.1) is 11.3 Å². The van der Waals surface area contributed by atoms with Crippen molar-refractivity contribution in [2.45, 2.75) is 0 Å². The van der Waals surface area contributed by atoms with Crippen LogP contribution in [0.3, 0.4) is 0 Å². The van der Waals surface area contributed by atoms with Crippen molar-refractivity contribution >= 4 is 65.0 Å². The van der Waals surface area contributed by atoms with Gasteiger partial charge in [-0.25, -0.2) is 4.98 Å². The maximum atomic E-state index is 9.72. The zero-order chi connectivity index (χ0) is 32.5. The lowest BCUT2D eigenvalue weighted by Crippen LogP contribution is -1.93. The molecule has 0 aliphatic carbocycles. The van der Waals surface area contributed by atoms with Crippen LogP contribution in [0.1, 0.15) is 5.56 Å². The van der Waals surface area contributed by atoms with E-state index in [0.29, 0.717) is 5.56 Å². The van der Waals surface area contributed by atoms with Gasteiger partial charge in [0.2, 0.25) is 0 Å². The van der Waals surface area contributed by atoms with Crippen molar-refractivity contribution in [1.29, 1.82) is 5.26 Å². The highest BCUT2D eigenvalue weighted by Gasteiger charge is 2.18. The second-order valence-electron chi connectivity index (χ2n) is 12.6. The molecular formula is C46H27N3. The molecule has 0 spiro atoms. The molecule has 0 atom stereocenters. The van der Waals surface area contributed by atoms with Gasteiger partial charge in [-0.3, -0.25) is 0 Å². The van der Waals surface area contributed by atoms with Gasteiger partial charge < -0.3 is 4.57 Å². The minimum absolute atomic E-state index is 0.657. The minimum atomic E-state index is 0.657. The molecule has 3 nitrogen and oxygen atoms in total. The molecule has 0 radical (unpaired) electrons. The number of rotatable bonds is 3. The topological polar surface area (TPSA) is 41.6 Å². The van der Waals surface area contributed by atoms with Crippen molar-refractivity contribution in [2.24, 2.45) is 0 Å². The zero-order valence-electron chi connectivity index (χ0n) is 26.4. The summed E-state index contributed by atoms with van der Waals surface area (Å²) in [7, 11) is 0. The molecule has 10 aromatic rings. The number of hydrogen-bond acceptors (Lipinski definition) is 2. The van der Waals surface area contributed by atoms with Gasteiger partial charge in [0.15, 0.2) is 0 Å². The second kappa shape index (κ2) is 10.6. The lowest BCUT2D eigenvalue weighted by Gasteiger charge is -2.16. The van der Waals surface area contributed by atoms with Gasteiger partial charge in [0.1, 0.15) is 0 Å². The van der Waals surface area contributed by atoms with E-state index in [4.69, 9.17) is 4.98 Å². The van der Waals surface area contributed by atoms with Gasteiger partial charge in [-0.05, 0) is 81.2 Å². The Balaban J connectivity index is 1.18. The molecule has 10 rings (SSSR count). The Hall–Kier alpha value is -6.76. The Kier molecular flexibility index (Phi) is 5.94. The van der Waals surface area contributed by atoms with E-state index in [1.54, 1.807) is 0 Å². The summed E-state index contributed by atoms with van der Waals surface area (Å²) >= 11 is 0. The summed E-state index contributed by atoms with van der Waals surface area (Å²) in [6, 6.07) is 60.1. The van der Waals surface area contributed by atoms with Crippen LogP contribution in [-0.4, -0.2) is 9.55 Å². The first-order valence-electron chi connectivity index (χ1n) is 16.5. The minimum Gasteiger partial charge on any atom is -0.309 e. The smallest absolute Gasteiger partial charge is 0.0991 e. The number of nitrogens with zero attached hydrogens (tertiary/aromatic N) is 3. The normalized spacial score (nSPS) is 11.7. The van der Waals surface area contributed by atoms with Crippen LogP contribution in [0.2, 0.25) is 0 Å². The molecule has 49 heavy (non-hydrogen) atoms. The lowest BCUT2D eigenvalue weighted by atomic mass is 9.89. The van der Waals surface area contributed by atoms with Crippen molar-refractivity contribution in [3.05, 3.63) is 169 Å². The maximum absolute atomic E-state index is 9.72. The zero-order valence-corrected chi connectivity index (χ0v) is 26.4. The highest BCUT2D eigenvalue weighted by atomic mass is 15.0. The van der Waals surface area contributed by atoms with Gasteiger partial charge in [0.25, 0.3) is 0 Å². The number of aromatic nitrogens is 2. The van der Waals surface area contributed by atoms with Gasteiger partial charge in [0, 0.05) is 38.2 Å². The average Bonchev–Trinajstić information content (AvgIpc) is 3.50. The fourth-order valence-corrected chi connectivity index (χ4v) is 7.78. The van der Waals surface area contributed by atoms with Crippen molar-refractivity contribution in [2.75, 3.05) is 0 Å². The Morgan fingerprint density at radius 1 is 0.429 bits per heavy atom. The fraction of sp³-hybridized carbons (Fsp3) is 0. The fourth-order valence-electron chi connectivity index (χ4n) is 7.78. The molecule has 8 aromatic carbocycles. The highest BCUT2D eigenvalue weighted by molar-refractivity contribution is 6.33. The number of fused-ring (bicyclic) bond motifs is 11. The Labute approximate surface area is 282 Å². The van der Waals surface area contributed by atoms with E-state index < -0.39 is 0 Å². The van der Waals surface area contributed by atoms with Crippen LogP contribution < -0.4 is 0 Å². The number of para-hydroxylation sites is 2. The van der Waals surface area contributed by atoms with Gasteiger partial charge in [-0.2, -0.15) is 5.26 Å². The largest absolute Gasteiger partial charge is 0.309 e. The molecule has 0 saturated carbocycles. The standard InChI is InChI=1S/C46H27N3/c47-28-29-18-24-42-39(26-29)40-27-32(23-25-43(40)49(42)33-10-2-1-3-11-33)30-19-21-31(22-20-30)46-45-37-15-7-5-13-35(37)34-12-4-6-14-36(34)44(45)38-16-8-9-17-41(38)48-46/h1-27H. The molecule has 2 aromatic heterocycles. The molecule has 0 fully saturated rings. The number of nitriles is 1. The summed E-state index contributed by atoms with van der Waals surface area (Å²) in [5.74, 6) is 0. The van der Waals surface area contributed by atoms with Crippen molar-refractivity contribution in [1.82, 2.24) is 9.55 Å². The Morgan fingerprint density at radius 2 is 0.980 bits per heavy atom. The van der Waals surface area contributed by atoms with Crippen LogP contribution in [0.4, 0.5) is 0 Å². The molecule has 0 N–H and O–H groups in total. The summed E-state index contributed by atoms with van der Waals surface area (Å²) in [5.41, 5.74) is 9.28. The average molecular weight is 622 g/mol. The molecule has 0 saturated heterocycles. The van der Waals surface area contributed by atoms with Crippen molar-refractivity contribution in [3.63, 3.8) is 0 Å². The number of pyridine rings is 1. The first-order valence-corrected chi connectivity index (χ1v) is 16.5. The van der Waals surface area contributed by atoms with Crippen LogP contribution >= 0.6 is 0 Å². The second-order valence-corrected chi connectivity index (χ2v) is 12.6. The van der Waals surface area contributed by atoms with E-state index in [-0.39, 0.29) is 0 Å². The summed E-state index contributed by atoms with van der Waals surface area (Å²) in [4.78, 5) is 5.33. The van der Waals surface area contributed by atoms with Crippen LogP contribution in [-0.2, 0) is 0 Å². The predicted octanol–water partition coefficient (Wildman–Crippen LogP) is 12.0. The van der Waals surface area contributed by atoms with Gasteiger partial charge in [-0.1, -0.05) is 115 Å². The predicted molar refractivity (Wildman–Crippen MR) is 204 cm³/mol. The van der Waals surface area contributed by atoms with E-state index >= 15 is 0 Å². The number of hydrogen-bond donors (Lipinski definition) is 0. The van der Waals surface area contributed by atoms with Crippen LogP contribution in [0.5, 0.6) is 0 Å². The van der Waals surface area contributed by atoms with Gasteiger partial charge >= 0.3 is 0 Å². The third-order valence-electron chi connectivity index (χ3n) is 9.98. The van der Waals surface area contributed by atoms with Gasteiger partial charge in [-0.15, -0.1) is 0 Å².